The number of aromatic amines is 1. The van der Waals surface area contributed by atoms with E-state index in [9.17, 15) is 9.59 Å². The van der Waals surface area contributed by atoms with Crippen molar-refractivity contribution in [1.82, 2.24) is 14.8 Å². The normalized spacial score (nSPS) is 10.4. The summed E-state index contributed by atoms with van der Waals surface area (Å²) in [7, 11) is 0. The molecule has 0 aliphatic heterocycles. The predicted octanol–water partition coefficient (Wildman–Crippen LogP) is 1.71. The summed E-state index contributed by atoms with van der Waals surface area (Å²) < 4.78 is 1.54. The molecule has 1 amide bonds. The van der Waals surface area contributed by atoms with Gasteiger partial charge in [0.05, 0.1) is 5.75 Å². The van der Waals surface area contributed by atoms with Gasteiger partial charge in [-0.2, -0.15) is 0 Å². The molecule has 2 N–H and O–H groups in total. The van der Waals surface area contributed by atoms with Crippen LogP contribution in [0.2, 0.25) is 0 Å². The first-order valence-corrected chi connectivity index (χ1v) is 7.32. The molecule has 0 atom stereocenters. The maximum Gasteiger partial charge on any atom is 0.343 e. The van der Waals surface area contributed by atoms with E-state index in [1.54, 1.807) is 4.57 Å². The molecule has 0 bridgehead atoms. The molecule has 1 aromatic carbocycles. The van der Waals surface area contributed by atoms with Crippen LogP contribution >= 0.6 is 11.8 Å². The van der Waals surface area contributed by atoms with E-state index in [1.165, 1.54) is 11.8 Å². The van der Waals surface area contributed by atoms with Gasteiger partial charge in [-0.1, -0.05) is 36.9 Å². The van der Waals surface area contributed by atoms with E-state index in [4.69, 9.17) is 0 Å². The number of para-hydroxylation sites is 1. The Bertz CT molecular complexity index is 621. The van der Waals surface area contributed by atoms with Gasteiger partial charge in [-0.25, -0.2) is 9.89 Å². The Morgan fingerprint density at radius 2 is 2.15 bits per heavy atom. The first kappa shape index (κ1) is 14.4. The molecule has 0 aliphatic rings. The van der Waals surface area contributed by atoms with Crippen molar-refractivity contribution in [3.8, 4) is 0 Å². The molecule has 0 fully saturated rings. The summed E-state index contributed by atoms with van der Waals surface area (Å²) in [6, 6.07) is 9.25. The van der Waals surface area contributed by atoms with Crippen LogP contribution < -0.4 is 11.0 Å². The van der Waals surface area contributed by atoms with E-state index in [0.717, 1.165) is 12.1 Å². The molecule has 0 saturated heterocycles. The van der Waals surface area contributed by atoms with Gasteiger partial charge >= 0.3 is 5.69 Å². The standard InChI is InChI=1S/C13H16N4O2S/c1-2-8-17-12(19)15-16-13(17)20-9-11(18)14-10-6-4-3-5-7-10/h3-7H,2,8-9H2,1H3,(H,14,18)(H,15,19). The third kappa shape index (κ3) is 3.74. The van der Waals surface area contributed by atoms with Gasteiger partial charge in [0, 0.05) is 12.2 Å². The molecule has 0 saturated carbocycles. The fraction of sp³-hybridized carbons (Fsp3) is 0.308. The highest BCUT2D eigenvalue weighted by molar-refractivity contribution is 7.99. The Kier molecular flexibility index (Phi) is 5.00. The maximum atomic E-state index is 11.8. The summed E-state index contributed by atoms with van der Waals surface area (Å²) in [6.45, 7) is 2.58. The van der Waals surface area contributed by atoms with Gasteiger partial charge in [0.25, 0.3) is 0 Å². The summed E-state index contributed by atoms with van der Waals surface area (Å²) in [6.07, 6.45) is 0.837. The molecular weight excluding hydrogens is 276 g/mol. The van der Waals surface area contributed by atoms with Crippen molar-refractivity contribution < 1.29 is 4.79 Å². The second-order valence-corrected chi connectivity index (χ2v) is 5.11. The second kappa shape index (κ2) is 6.95. The lowest BCUT2D eigenvalue weighted by Gasteiger charge is -2.05. The number of hydrogen-bond donors (Lipinski definition) is 2. The Morgan fingerprint density at radius 1 is 1.40 bits per heavy atom. The zero-order valence-corrected chi connectivity index (χ0v) is 11.9. The van der Waals surface area contributed by atoms with Gasteiger partial charge in [-0.05, 0) is 18.6 Å². The van der Waals surface area contributed by atoms with Crippen molar-refractivity contribution >= 4 is 23.4 Å². The zero-order valence-electron chi connectivity index (χ0n) is 11.1. The quantitative estimate of drug-likeness (QED) is 0.794. The van der Waals surface area contributed by atoms with E-state index < -0.39 is 0 Å². The Labute approximate surface area is 120 Å². The number of thioether (sulfide) groups is 1. The minimum absolute atomic E-state index is 0.125. The highest BCUT2D eigenvalue weighted by atomic mass is 32.2. The van der Waals surface area contributed by atoms with Crippen LogP contribution in [0.1, 0.15) is 13.3 Å². The van der Waals surface area contributed by atoms with Crippen LogP contribution in [0.15, 0.2) is 40.3 Å². The summed E-state index contributed by atoms with van der Waals surface area (Å²) in [5.41, 5.74) is 0.517. The SMILES string of the molecule is CCCn1c(SCC(=O)Nc2ccccc2)n[nH]c1=O. The molecule has 2 aromatic rings. The molecule has 0 spiro atoms. The molecule has 6 nitrogen and oxygen atoms in total. The number of anilines is 1. The minimum atomic E-state index is -0.238. The number of nitrogens with one attached hydrogen (secondary N) is 2. The first-order chi connectivity index (χ1) is 9.70. The van der Waals surface area contributed by atoms with E-state index in [-0.39, 0.29) is 17.3 Å². The molecule has 106 valence electrons. The molecule has 7 heteroatoms. The first-order valence-electron chi connectivity index (χ1n) is 6.33. The van der Waals surface area contributed by atoms with Crippen LogP contribution in [0.4, 0.5) is 5.69 Å². The molecular formula is C13H16N4O2S. The number of amides is 1. The average Bonchev–Trinajstić information content (AvgIpc) is 2.79. The number of hydrogen-bond acceptors (Lipinski definition) is 4. The zero-order chi connectivity index (χ0) is 14.4. The van der Waals surface area contributed by atoms with Gasteiger partial charge in [0.1, 0.15) is 0 Å². The van der Waals surface area contributed by atoms with Gasteiger partial charge in [0.2, 0.25) is 5.91 Å². The Balaban J connectivity index is 1.92. The highest BCUT2D eigenvalue weighted by Crippen LogP contribution is 2.14. The molecule has 1 heterocycles. The lowest BCUT2D eigenvalue weighted by Crippen LogP contribution is -2.18. The fourth-order valence-corrected chi connectivity index (χ4v) is 2.46. The van der Waals surface area contributed by atoms with Crippen molar-refractivity contribution in [1.29, 1.82) is 0 Å². The Morgan fingerprint density at radius 3 is 2.85 bits per heavy atom. The molecule has 0 unspecified atom stereocenters. The second-order valence-electron chi connectivity index (χ2n) is 4.17. The average molecular weight is 292 g/mol. The largest absolute Gasteiger partial charge is 0.343 e. The van der Waals surface area contributed by atoms with Gasteiger partial charge in [0.15, 0.2) is 5.16 Å². The van der Waals surface area contributed by atoms with Crippen molar-refractivity contribution in [3.63, 3.8) is 0 Å². The monoisotopic (exact) mass is 292 g/mol. The van der Waals surface area contributed by atoms with Gasteiger partial charge in [-0.3, -0.25) is 9.36 Å². The summed E-state index contributed by atoms with van der Waals surface area (Å²) >= 11 is 1.24. The summed E-state index contributed by atoms with van der Waals surface area (Å²) in [5.74, 6) is 0.0859. The fourth-order valence-electron chi connectivity index (χ4n) is 1.68. The lowest BCUT2D eigenvalue weighted by molar-refractivity contribution is -0.113. The van der Waals surface area contributed by atoms with Gasteiger partial charge < -0.3 is 5.32 Å². The summed E-state index contributed by atoms with van der Waals surface area (Å²) in [5, 5.41) is 9.65. The van der Waals surface area contributed by atoms with Crippen molar-refractivity contribution in [2.45, 2.75) is 25.0 Å². The van der Waals surface area contributed by atoms with E-state index in [2.05, 4.69) is 15.5 Å². The molecule has 20 heavy (non-hydrogen) atoms. The highest BCUT2D eigenvalue weighted by Gasteiger charge is 2.10. The number of nitrogens with zero attached hydrogens (tertiary/aromatic N) is 2. The molecule has 1 aromatic heterocycles. The maximum absolute atomic E-state index is 11.8. The number of rotatable bonds is 6. The van der Waals surface area contributed by atoms with Crippen molar-refractivity contribution in [2.75, 3.05) is 11.1 Å². The molecule has 0 aliphatic carbocycles. The molecule has 0 radical (unpaired) electrons. The van der Waals surface area contributed by atoms with Crippen LogP contribution in [0, 0.1) is 0 Å². The van der Waals surface area contributed by atoms with Gasteiger partial charge in [-0.15, -0.1) is 5.10 Å². The number of carbonyl (C=O) groups is 1. The third-order valence-corrected chi connectivity index (χ3v) is 3.54. The topological polar surface area (TPSA) is 79.8 Å². The third-order valence-electron chi connectivity index (χ3n) is 2.56. The number of H-pyrrole nitrogens is 1. The minimum Gasteiger partial charge on any atom is -0.325 e. The molecule has 2 rings (SSSR count). The van der Waals surface area contributed by atoms with E-state index >= 15 is 0 Å². The smallest absolute Gasteiger partial charge is 0.325 e. The Hall–Kier alpha value is -2.02. The van der Waals surface area contributed by atoms with Crippen molar-refractivity contribution in [2.24, 2.45) is 0 Å². The van der Waals surface area contributed by atoms with E-state index in [0.29, 0.717) is 11.7 Å². The number of carbonyl (C=O) groups excluding carboxylic acids is 1. The van der Waals surface area contributed by atoms with E-state index in [1.807, 2.05) is 37.3 Å². The van der Waals surface area contributed by atoms with Crippen LogP contribution in [0.5, 0.6) is 0 Å². The van der Waals surface area contributed by atoms with Crippen molar-refractivity contribution in [3.05, 3.63) is 40.8 Å². The number of aromatic nitrogens is 3. The lowest BCUT2D eigenvalue weighted by atomic mass is 10.3. The van der Waals surface area contributed by atoms with Crippen LogP contribution in [-0.2, 0) is 11.3 Å². The number of benzene rings is 1. The van der Waals surface area contributed by atoms with Crippen LogP contribution in [-0.4, -0.2) is 26.4 Å². The summed E-state index contributed by atoms with van der Waals surface area (Å²) in [4.78, 5) is 23.3. The predicted molar refractivity (Wildman–Crippen MR) is 78.9 cm³/mol. The van der Waals surface area contributed by atoms with Crippen LogP contribution in [0.3, 0.4) is 0 Å². The van der Waals surface area contributed by atoms with Crippen LogP contribution in [0.25, 0.3) is 0 Å².